The van der Waals surface area contributed by atoms with Crippen LogP contribution in [0.4, 0.5) is 0 Å². The molecule has 1 aromatic carbocycles. The predicted molar refractivity (Wildman–Crippen MR) is 75.2 cm³/mol. The maximum atomic E-state index is 5.93. The minimum Gasteiger partial charge on any atom is -0.471 e. The van der Waals surface area contributed by atoms with Crippen molar-refractivity contribution in [3.05, 3.63) is 51.7 Å². The van der Waals surface area contributed by atoms with Crippen LogP contribution < -0.4 is 10.5 Å². The summed E-state index contributed by atoms with van der Waals surface area (Å²) in [6.45, 7) is 4.65. The lowest BCUT2D eigenvalue weighted by atomic mass is 10.1. The average molecular weight is 278 g/mol. The quantitative estimate of drug-likeness (QED) is 0.933. The molecule has 0 saturated heterocycles. The van der Waals surface area contributed by atoms with Gasteiger partial charge in [-0.2, -0.15) is 5.10 Å². The van der Waals surface area contributed by atoms with Crippen LogP contribution in [-0.2, 0) is 13.2 Å². The standard InChI is InChI=1S/C14H16ClN3O/c1-9-10(2)17-18-14(13(9)7-16)19-8-11-4-3-5-12(15)6-11/h3-6H,7-8,16H2,1-2H3. The van der Waals surface area contributed by atoms with Gasteiger partial charge in [0, 0.05) is 17.1 Å². The third-order valence-electron chi connectivity index (χ3n) is 3.01. The van der Waals surface area contributed by atoms with Gasteiger partial charge in [0.15, 0.2) is 0 Å². The summed E-state index contributed by atoms with van der Waals surface area (Å²) >= 11 is 5.93. The van der Waals surface area contributed by atoms with E-state index in [4.69, 9.17) is 22.1 Å². The highest BCUT2D eigenvalue weighted by Gasteiger charge is 2.11. The van der Waals surface area contributed by atoms with Crippen molar-refractivity contribution in [3.63, 3.8) is 0 Å². The molecule has 19 heavy (non-hydrogen) atoms. The molecule has 0 fully saturated rings. The molecule has 0 aliphatic carbocycles. The Hall–Kier alpha value is -1.65. The third kappa shape index (κ3) is 3.22. The second kappa shape index (κ2) is 5.99. The Balaban J connectivity index is 2.18. The highest BCUT2D eigenvalue weighted by Crippen LogP contribution is 2.21. The van der Waals surface area contributed by atoms with Crippen molar-refractivity contribution >= 4 is 11.6 Å². The molecule has 2 aromatic rings. The van der Waals surface area contributed by atoms with Gasteiger partial charge in [-0.15, -0.1) is 5.10 Å². The van der Waals surface area contributed by atoms with Gasteiger partial charge in [-0.1, -0.05) is 23.7 Å². The Labute approximate surface area is 117 Å². The summed E-state index contributed by atoms with van der Waals surface area (Å²) in [6, 6.07) is 7.52. The maximum Gasteiger partial charge on any atom is 0.238 e. The molecule has 4 nitrogen and oxygen atoms in total. The van der Waals surface area contributed by atoms with E-state index in [-0.39, 0.29) is 0 Å². The number of nitrogens with zero attached hydrogens (tertiary/aromatic N) is 2. The second-order valence-corrected chi connectivity index (χ2v) is 4.75. The van der Waals surface area contributed by atoms with E-state index in [1.54, 1.807) is 0 Å². The minimum absolute atomic E-state index is 0.382. The normalized spacial score (nSPS) is 10.5. The van der Waals surface area contributed by atoms with E-state index in [9.17, 15) is 0 Å². The molecular formula is C14H16ClN3O. The number of benzene rings is 1. The molecule has 1 heterocycles. The molecule has 0 unspecified atom stereocenters. The van der Waals surface area contributed by atoms with Crippen LogP contribution in [0.1, 0.15) is 22.4 Å². The molecular weight excluding hydrogens is 262 g/mol. The number of aryl methyl sites for hydroxylation is 1. The summed E-state index contributed by atoms with van der Waals surface area (Å²) in [4.78, 5) is 0. The predicted octanol–water partition coefficient (Wildman–Crippen LogP) is 2.78. The molecule has 0 spiro atoms. The van der Waals surface area contributed by atoms with Crippen LogP contribution in [0.3, 0.4) is 0 Å². The topological polar surface area (TPSA) is 61.0 Å². The molecule has 2 rings (SSSR count). The Kier molecular flexibility index (Phi) is 4.35. The third-order valence-corrected chi connectivity index (χ3v) is 3.25. The van der Waals surface area contributed by atoms with Crippen molar-refractivity contribution in [3.8, 4) is 5.88 Å². The van der Waals surface area contributed by atoms with E-state index < -0.39 is 0 Å². The lowest BCUT2D eigenvalue weighted by molar-refractivity contribution is 0.286. The fourth-order valence-corrected chi connectivity index (χ4v) is 1.98. The number of rotatable bonds is 4. The van der Waals surface area contributed by atoms with E-state index in [0.29, 0.717) is 24.1 Å². The molecule has 0 atom stereocenters. The first kappa shape index (κ1) is 13.8. The first-order valence-corrected chi connectivity index (χ1v) is 6.39. The number of aromatic nitrogens is 2. The van der Waals surface area contributed by atoms with Crippen molar-refractivity contribution in [1.82, 2.24) is 10.2 Å². The van der Waals surface area contributed by atoms with Crippen molar-refractivity contribution < 1.29 is 4.74 Å². The van der Waals surface area contributed by atoms with Crippen LogP contribution in [0.15, 0.2) is 24.3 Å². The van der Waals surface area contributed by atoms with Gasteiger partial charge in [0.2, 0.25) is 5.88 Å². The van der Waals surface area contributed by atoms with Crippen LogP contribution in [0.5, 0.6) is 5.88 Å². The Morgan fingerprint density at radius 1 is 1.26 bits per heavy atom. The zero-order valence-electron chi connectivity index (χ0n) is 11.0. The second-order valence-electron chi connectivity index (χ2n) is 4.32. The van der Waals surface area contributed by atoms with Gasteiger partial charge in [0.05, 0.1) is 5.69 Å². The number of ether oxygens (including phenoxy) is 1. The van der Waals surface area contributed by atoms with Crippen LogP contribution in [0, 0.1) is 13.8 Å². The Morgan fingerprint density at radius 2 is 2.05 bits per heavy atom. The summed E-state index contributed by atoms with van der Waals surface area (Å²) in [5.41, 5.74) is 9.52. The highest BCUT2D eigenvalue weighted by molar-refractivity contribution is 6.30. The smallest absolute Gasteiger partial charge is 0.238 e. The fourth-order valence-electron chi connectivity index (χ4n) is 1.77. The van der Waals surface area contributed by atoms with E-state index in [1.807, 2.05) is 38.1 Å². The van der Waals surface area contributed by atoms with Gasteiger partial charge < -0.3 is 10.5 Å². The molecule has 0 amide bonds. The molecule has 100 valence electrons. The number of hydrogen-bond acceptors (Lipinski definition) is 4. The molecule has 1 aromatic heterocycles. The Morgan fingerprint density at radius 3 is 2.74 bits per heavy atom. The van der Waals surface area contributed by atoms with Crippen LogP contribution >= 0.6 is 11.6 Å². The van der Waals surface area contributed by atoms with Crippen molar-refractivity contribution in [2.24, 2.45) is 5.73 Å². The average Bonchev–Trinajstić information content (AvgIpc) is 2.40. The van der Waals surface area contributed by atoms with E-state index in [2.05, 4.69) is 10.2 Å². The van der Waals surface area contributed by atoms with Gasteiger partial charge in [0.1, 0.15) is 6.61 Å². The largest absolute Gasteiger partial charge is 0.471 e. The summed E-state index contributed by atoms with van der Waals surface area (Å²) in [5, 5.41) is 8.81. The zero-order chi connectivity index (χ0) is 13.8. The lowest BCUT2D eigenvalue weighted by Crippen LogP contribution is -2.09. The SMILES string of the molecule is Cc1nnc(OCc2cccc(Cl)c2)c(CN)c1C. The first-order valence-electron chi connectivity index (χ1n) is 6.02. The number of nitrogens with two attached hydrogens (primary N) is 1. The molecule has 2 N–H and O–H groups in total. The molecule has 0 bridgehead atoms. The highest BCUT2D eigenvalue weighted by atomic mass is 35.5. The van der Waals surface area contributed by atoms with Crippen molar-refractivity contribution in [2.75, 3.05) is 0 Å². The summed E-state index contributed by atoms with van der Waals surface area (Å²) in [5.74, 6) is 0.491. The van der Waals surface area contributed by atoms with Crippen molar-refractivity contribution in [2.45, 2.75) is 27.0 Å². The molecule has 0 saturated carbocycles. The first-order chi connectivity index (χ1) is 9.11. The zero-order valence-corrected chi connectivity index (χ0v) is 11.7. The minimum atomic E-state index is 0.382. The van der Waals surface area contributed by atoms with E-state index in [1.165, 1.54) is 0 Å². The van der Waals surface area contributed by atoms with E-state index >= 15 is 0 Å². The van der Waals surface area contributed by atoms with E-state index in [0.717, 1.165) is 22.4 Å². The van der Waals surface area contributed by atoms with Gasteiger partial charge >= 0.3 is 0 Å². The summed E-state index contributed by atoms with van der Waals surface area (Å²) in [6.07, 6.45) is 0. The van der Waals surface area contributed by atoms with Gasteiger partial charge in [-0.05, 0) is 37.1 Å². The Bertz CT molecular complexity index is 587. The maximum absolute atomic E-state index is 5.93. The van der Waals surface area contributed by atoms with Gasteiger partial charge in [-0.25, -0.2) is 0 Å². The molecule has 0 radical (unpaired) electrons. The monoisotopic (exact) mass is 277 g/mol. The van der Waals surface area contributed by atoms with Crippen LogP contribution in [-0.4, -0.2) is 10.2 Å². The van der Waals surface area contributed by atoms with Crippen LogP contribution in [0.25, 0.3) is 0 Å². The van der Waals surface area contributed by atoms with Gasteiger partial charge in [-0.3, -0.25) is 0 Å². The summed E-state index contributed by atoms with van der Waals surface area (Å²) < 4.78 is 5.69. The van der Waals surface area contributed by atoms with Gasteiger partial charge in [0.25, 0.3) is 0 Å². The van der Waals surface area contributed by atoms with Crippen molar-refractivity contribution in [1.29, 1.82) is 0 Å². The number of hydrogen-bond donors (Lipinski definition) is 1. The lowest BCUT2D eigenvalue weighted by Gasteiger charge is -2.12. The summed E-state index contributed by atoms with van der Waals surface area (Å²) in [7, 11) is 0. The van der Waals surface area contributed by atoms with Crippen LogP contribution in [0.2, 0.25) is 5.02 Å². The fraction of sp³-hybridized carbons (Fsp3) is 0.286. The molecule has 0 aliphatic heterocycles. The molecule has 0 aliphatic rings. The number of halogens is 1. The molecule has 5 heteroatoms.